The third-order valence-electron chi connectivity index (χ3n) is 13.1. The van der Waals surface area contributed by atoms with E-state index in [0.717, 1.165) is 6.42 Å². The molecule has 60 heavy (non-hydrogen) atoms. The number of pyridine rings is 1. The fourth-order valence-corrected chi connectivity index (χ4v) is 10.3. The predicted molar refractivity (Wildman–Crippen MR) is 208 cm³/mol. The first-order valence-corrected chi connectivity index (χ1v) is 22.1. The van der Waals surface area contributed by atoms with Gasteiger partial charge >= 0.3 is 12.5 Å². The zero-order valence-electron chi connectivity index (χ0n) is 33.5. The molecule has 326 valence electrons. The van der Waals surface area contributed by atoms with Crippen LogP contribution >= 0.6 is 0 Å². The van der Waals surface area contributed by atoms with Crippen LogP contribution in [0, 0.1) is 18.8 Å². The van der Waals surface area contributed by atoms with Crippen LogP contribution in [-0.2, 0) is 40.3 Å². The molecule has 8 rings (SSSR count). The summed E-state index contributed by atoms with van der Waals surface area (Å²) in [4.78, 5) is 62.9. The Morgan fingerprint density at radius 2 is 1.87 bits per heavy atom. The molecule has 4 amide bonds. The van der Waals surface area contributed by atoms with E-state index in [1.807, 2.05) is 12.2 Å². The zero-order chi connectivity index (χ0) is 42.7. The summed E-state index contributed by atoms with van der Waals surface area (Å²) in [6.07, 6.45) is 2.92. The summed E-state index contributed by atoms with van der Waals surface area (Å²) in [5.74, 6) is -2.68. The van der Waals surface area contributed by atoms with E-state index in [4.69, 9.17) is 14.2 Å². The van der Waals surface area contributed by atoms with Crippen molar-refractivity contribution in [2.24, 2.45) is 11.8 Å². The number of alkyl carbamates (subject to hydrolysis) is 1. The lowest BCUT2D eigenvalue weighted by Gasteiger charge is -2.48. The number of rotatable bonds is 7. The van der Waals surface area contributed by atoms with Crippen LogP contribution in [0.5, 0.6) is 11.5 Å². The minimum absolute atomic E-state index is 0.0473. The summed E-state index contributed by atoms with van der Waals surface area (Å²) >= 11 is 0. The second-order valence-electron chi connectivity index (χ2n) is 17.5. The first-order chi connectivity index (χ1) is 28.4. The number of benzene rings is 1. The monoisotopic (exact) mass is 861 g/mol. The molecule has 5 unspecified atom stereocenters. The molecule has 4 aliphatic heterocycles. The minimum Gasteiger partial charge on any atom is -0.483 e. The van der Waals surface area contributed by atoms with Crippen molar-refractivity contribution in [1.29, 1.82) is 0 Å². The summed E-state index contributed by atoms with van der Waals surface area (Å²) in [6, 6.07) is 1.56. The van der Waals surface area contributed by atoms with Gasteiger partial charge in [-0.1, -0.05) is 25.0 Å². The zero-order valence-corrected chi connectivity index (χ0v) is 34.3. The van der Waals surface area contributed by atoms with Crippen LogP contribution in [0.4, 0.5) is 18.0 Å². The molecule has 1 aromatic heterocycles. The maximum absolute atomic E-state index is 14.8. The molecule has 5 atom stereocenters. The van der Waals surface area contributed by atoms with Crippen molar-refractivity contribution in [3.05, 3.63) is 41.6 Å². The number of aromatic nitrogens is 1. The Bertz CT molecular complexity index is 2210. The summed E-state index contributed by atoms with van der Waals surface area (Å²) in [7, 11) is -4.07. The molecule has 1 spiro atoms. The number of nitrogens with one attached hydrogen (secondary N) is 3. The molecule has 19 heteroatoms. The number of halogens is 3. The van der Waals surface area contributed by atoms with Crippen molar-refractivity contribution in [3.8, 4) is 11.5 Å². The lowest BCUT2D eigenvalue weighted by atomic mass is 9.65. The van der Waals surface area contributed by atoms with Crippen LogP contribution in [-0.4, -0.2) is 103 Å². The number of carbonyl (C=O) groups is 4. The van der Waals surface area contributed by atoms with Crippen molar-refractivity contribution in [1.82, 2.24) is 25.2 Å². The van der Waals surface area contributed by atoms with E-state index in [1.165, 1.54) is 23.1 Å². The van der Waals surface area contributed by atoms with Crippen molar-refractivity contribution in [2.45, 2.75) is 125 Å². The Morgan fingerprint density at radius 3 is 2.55 bits per heavy atom. The van der Waals surface area contributed by atoms with E-state index in [-0.39, 0.29) is 51.2 Å². The molecule has 3 N–H and O–H groups in total. The molecule has 5 heterocycles. The molecule has 0 radical (unpaired) electrons. The van der Waals surface area contributed by atoms with E-state index in [9.17, 15) is 40.8 Å². The van der Waals surface area contributed by atoms with Crippen LogP contribution in [0.25, 0.3) is 10.9 Å². The quantitative estimate of drug-likeness (QED) is 0.329. The predicted octanol–water partition coefficient (Wildman–Crippen LogP) is 4.63. The van der Waals surface area contributed by atoms with Gasteiger partial charge in [-0.2, -0.15) is 0 Å². The molecule has 2 aliphatic carbocycles. The van der Waals surface area contributed by atoms with E-state index < -0.39 is 79.8 Å². The van der Waals surface area contributed by atoms with Crippen LogP contribution in [0.2, 0.25) is 0 Å². The van der Waals surface area contributed by atoms with Crippen LogP contribution < -0.4 is 24.8 Å². The number of sulfonamides is 1. The fraction of sp³-hybridized carbons (Fsp3) is 0.634. The number of amides is 4. The maximum atomic E-state index is 14.8. The Labute approximate surface area is 345 Å². The summed E-state index contributed by atoms with van der Waals surface area (Å²) in [5, 5.41) is 6.07. The Morgan fingerprint density at radius 1 is 1.08 bits per heavy atom. The van der Waals surface area contributed by atoms with Gasteiger partial charge in [0.2, 0.25) is 21.8 Å². The SMILES string of the molecule is Cc1nc2ccc(OC(F)(F)F)cc2c2c1OC1(CC2)CC2C(=O)NC3(C(=O)NS(=O)(=O)C4(C)CC4)CCC3C=CCCCCCC(NC(=O)OCC3COC3)C(=O)N2C1. The Kier molecular flexibility index (Phi) is 11.0. The maximum Gasteiger partial charge on any atom is 0.573 e. The number of hydrogen-bond acceptors (Lipinski definition) is 11. The van der Waals surface area contributed by atoms with Gasteiger partial charge in [0.15, 0.2) is 0 Å². The molecular weight excluding hydrogens is 812 g/mol. The standard InChI is InChI=1S/C41H50F3N5O10S/c1-24-33-28(29-18-27(58-41(42,43)44)10-11-30(29)45-24)13-14-39(59-33)19-32-34(50)47-40(36(52)48-60(54,55)38(2)16-17-38)15-12-26(40)8-6-4-3-5-7-9-31(35(51)49(32)23-39)46-37(53)57-22-25-20-56-21-25/h6,8,10-11,18,25-26,31-32H,3-5,7,9,12-17,19-23H2,1-2H3,(H,46,53)(H,47,50)(H,48,52). The lowest BCUT2D eigenvalue weighted by molar-refractivity contribution is -0.274. The highest BCUT2D eigenvalue weighted by molar-refractivity contribution is 7.91. The second kappa shape index (κ2) is 15.7. The van der Waals surface area contributed by atoms with Crippen molar-refractivity contribution in [2.75, 3.05) is 26.4 Å². The smallest absolute Gasteiger partial charge is 0.483 e. The third-order valence-corrected chi connectivity index (χ3v) is 15.3. The first-order valence-electron chi connectivity index (χ1n) is 20.6. The average Bonchev–Trinajstić information content (AvgIpc) is 3.82. The number of fused-ring (bicyclic) bond motifs is 5. The largest absolute Gasteiger partial charge is 0.573 e. The number of alkyl halides is 3. The number of aryl methyl sites for hydroxylation is 2. The molecule has 0 bridgehead atoms. The Balaban J connectivity index is 1.13. The van der Waals surface area contributed by atoms with E-state index >= 15 is 0 Å². The second-order valence-corrected chi connectivity index (χ2v) is 19.7. The number of carbonyl (C=O) groups excluding carboxylic acids is 4. The van der Waals surface area contributed by atoms with Crippen LogP contribution in [0.3, 0.4) is 0 Å². The molecule has 2 saturated carbocycles. The summed E-state index contributed by atoms with van der Waals surface area (Å²) in [5.41, 5.74) is -1.33. The number of allylic oxidation sites excluding steroid dienone is 1. The van der Waals surface area contributed by atoms with Crippen molar-refractivity contribution in [3.63, 3.8) is 0 Å². The highest BCUT2D eigenvalue weighted by atomic mass is 32.2. The molecule has 2 saturated heterocycles. The first kappa shape index (κ1) is 42.1. The van der Waals surface area contributed by atoms with Gasteiger partial charge in [0, 0.05) is 29.2 Å². The molecular formula is C41H50F3N5O10S. The van der Waals surface area contributed by atoms with Gasteiger partial charge in [-0.25, -0.2) is 18.2 Å². The number of hydrogen-bond donors (Lipinski definition) is 3. The van der Waals surface area contributed by atoms with E-state index in [1.54, 1.807) is 13.8 Å². The molecule has 15 nitrogen and oxygen atoms in total. The van der Waals surface area contributed by atoms with Gasteiger partial charge in [0.1, 0.15) is 41.3 Å². The normalized spacial score (nSPS) is 29.3. The molecule has 2 aromatic rings. The van der Waals surface area contributed by atoms with Gasteiger partial charge < -0.3 is 34.5 Å². The minimum atomic E-state index is -4.91. The van der Waals surface area contributed by atoms with Gasteiger partial charge in [0.25, 0.3) is 5.91 Å². The average molecular weight is 862 g/mol. The molecule has 4 fully saturated rings. The summed E-state index contributed by atoms with van der Waals surface area (Å²) in [6.45, 7) is 4.18. The van der Waals surface area contributed by atoms with Crippen molar-refractivity contribution < 1.29 is 59.7 Å². The van der Waals surface area contributed by atoms with Gasteiger partial charge in [-0.3, -0.25) is 19.1 Å². The number of ether oxygens (including phenoxy) is 4. The molecule has 6 aliphatic rings. The van der Waals surface area contributed by atoms with E-state index in [2.05, 4.69) is 25.1 Å². The molecule has 1 aromatic carbocycles. The summed E-state index contributed by atoms with van der Waals surface area (Å²) < 4.78 is 88.9. The lowest BCUT2D eigenvalue weighted by Crippen LogP contribution is -2.70. The van der Waals surface area contributed by atoms with Crippen molar-refractivity contribution >= 4 is 44.7 Å². The highest BCUT2D eigenvalue weighted by Gasteiger charge is 2.59. The van der Waals surface area contributed by atoms with Crippen LogP contribution in [0.15, 0.2) is 30.4 Å². The van der Waals surface area contributed by atoms with Gasteiger partial charge in [0.05, 0.1) is 35.7 Å². The van der Waals surface area contributed by atoms with Crippen LogP contribution in [0.1, 0.15) is 88.8 Å². The number of nitrogens with zero attached hydrogens (tertiary/aromatic N) is 2. The van der Waals surface area contributed by atoms with Gasteiger partial charge in [-0.05, 0) is 89.8 Å². The van der Waals surface area contributed by atoms with Gasteiger partial charge in [-0.15, -0.1) is 13.2 Å². The van der Waals surface area contributed by atoms with E-state index in [0.29, 0.717) is 79.6 Å². The highest BCUT2D eigenvalue weighted by Crippen LogP contribution is 2.47. The topological polar surface area (TPSA) is 192 Å². The fourth-order valence-electron chi connectivity index (χ4n) is 9.00. The Hall–Kier alpha value is -4.65. The third kappa shape index (κ3) is 8.22.